The monoisotopic (exact) mass is 211 g/mol. The van der Waals surface area contributed by atoms with E-state index in [0.717, 1.165) is 12.8 Å². The number of nitrogens with one attached hydrogen (secondary N) is 1. The summed E-state index contributed by atoms with van der Waals surface area (Å²) in [6.07, 6.45) is 5.61. The molecule has 0 aliphatic heterocycles. The number of rotatable bonds is 6. The molecular weight excluding hydrogens is 186 g/mol. The third-order valence-electron chi connectivity index (χ3n) is 1.39. The predicted molar refractivity (Wildman–Crippen MR) is 60.5 cm³/mol. The maximum Gasteiger partial charge on any atom is 0.208 e. The van der Waals surface area contributed by atoms with Crippen molar-refractivity contribution in [2.24, 2.45) is 0 Å². The molecule has 1 N–H and O–H groups in total. The van der Waals surface area contributed by atoms with E-state index in [1.54, 1.807) is 0 Å². The highest BCUT2D eigenvalue weighted by Gasteiger charge is 1.97. The molecule has 0 unspecified atom stereocenters. The lowest BCUT2D eigenvalue weighted by Crippen LogP contribution is -2.22. The minimum absolute atomic E-state index is 0. The van der Waals surface area contributed by atoms with Crippen molar-refractivity contribution < 1.29 is 9.84 Å². The Morgan fingerprint density at radius 2 is 1.69 bits per heavy atom. The minimum Gasteiger partial charge on any atom is -0.215 e. The van der Waals surface area contributed by atoms with E-state index in [2.05, 4.69) is 11.6 Å². The normalized spacial score (nSPS) is 10.5. The third kappa shape index (κ3) is 18.7. The largest absolute Gasteiger partial charge is 0.215 e. The zero-order chi connectivity index (χ0) is 10.7. The molecular formula is C9H25NO2S. The summed E-state index contributed by atoms with van der Waals surface area (Å²) in [5.74, 6) is 0. The van der Waals surface area contributed by atoms with Gasteiger partial charge in [0.15, 0.2) is 0 Å². The SMILES string of the molecule is CC.CCCCCCNS(C)(=O)=O.[HH]. The Labute approximate surface area is 84.5 Å². The van der Waals surface area contributed by atoms with Crippen LogP contribution >= 0.6 is 0 Å². The van der Waals surface area contributed by atoms with E-state index < -0.39 is 10.0 Å². The molecule has 0 bridgehead atoms. The zero-order valence-corrected chi connectivity index (χ0v) is 10.1. The van der Waals surface area contributed by atoms with Crippen LogP contribution in [0.5, 0.6) is 0 Å². The molecule has 0 aliphatic carbocycles. The Morgan fingerprint density at radius 1 is 1.15 bits per heavy atom. The van der Waals surface area contributed by atoms with Crippen molar-refractivity contribution in [3.63, 3.8) is 0 Å². The average Bonchev–Trinajstić information content (AvgIpc) is 2.06. The average molecular weight is 211 g/mol. The Hall–Kier alpha value is -0.0900. The molecule has 3 nitrogen and oxygen atoms in total. The van der Waals surface area contributed by atoms with Crippen LogP contribution in [0.3, 0.4) is 0 Å². The molecule has 0 rings (SSSR count). The van der Waals surface area contributed by atoms with E-state index in [1.807, 2.05) is 13.8 Å². The fraction of sp³-hybridized carbons (Fsp3) is 1.00. The van der Waals surface area contributed by atoms with E-state index in [4.69, 9.17) is 0 Å². The molecule has 0 aliphatic rings. The highest BCUT2D eigenvalue weighted by atomic mass is 32.2. The Morgan fingerprint density at radius 3 is 2.08 bits per heavy atom. The second-order valence-corrected chi connectivity index (χ2v) is 4.56. The second-order valence-electron chi connectivity index (χ2n) is 2.73. The van der Waals surface area contributed by atoms with Crippen LogP contribution in [0.1, 0.15) is 47.9 Å². The molecule has 0 saturated heterocycles. The van der Waals surface area contributed by atoms with Crippen LogP contribution in [-0.4, -0.2) is 21.2 Å². The first-order valence-corrected chi connectivity index (χ1v) is 6.90. The molecule has 84 valence electrons. The first-order valence-electron chi connectivity index (χ1n) is 5.01. The Balaban J connectivity index is -0.000000376. The van der Waals surface area contributed by atoms with Crippen molar-refractivity contribution in [2.45, 2.75) is 46.5 Å². The quantitative estimate of drug-likeness (QED) is 0.686. The van der Waals surface area contributed by atoms with Crippen molar-refractivity contribution in [1.29, 1.82) is 0 Å². The zero-order valence-electron chi connectivity index (χ0n) is 9.26. The van der Waals surface area contributed by atoms with E-state index >= 15 is 0 Å². The maximum atomic E-state index is 10.6. The van der Waals surface area contributed by atoms with Gasteiger partial charge in [0.1, 0.15) is 0 Å². The van der Waals surface area contributed by atoms with Gasteiger partial charge in [-0.1, -0.05) is 40.0 Å². The number of sulfonamides is 1. The summed E-state index contributed by atoms with van der Waals surface area (Å²) in [5, 5.41) is 0. The summed E-state index contributed by atoms with van der Waals surface area (Å²) in [5.41, 5.74) is 0. The summed E-state index contributed by atoms with van der Waals surface area (Å²) in [4.78, 5) is 0. The molecule has 13 heavy (non-hydrogen) atoms. The first kappa shape index (κ1) is 15.4. The van der Waals surface area contributed by atoms with Gasteiger partial charge < -0.3 is 0 Å². The fourth-order valence-corrected chi connectivity index (χ4v) is 1.32. The summed E-state index contributed by atoms with van der Waals surface area (Å²) < 4.78 is 23.6. The third-order valence-corrected chi connectivity index (χ3v) is 2.12. The topological polar surface area (TPSA) is 46.2 Å². The van der Waals surface area contributed by atoms with Crippen molar-refractivity contribution in [3.8, 4) is 0 Å². The van der Waals surface area contributed by atoms with Gasteiger partial charge in [-0.2, -0.15) is 0 Å². The molecule has 0 saturated carbocycles. The van der Waals surface area contributed by atoms with Gasteiger partial charge in [-0.25, -0.2) is 13.1 Å². The summed E-state index contributed by atoms with van der Waals surface area (Å²) >= 11 is 0. The van der Waals surface area contributed by atoms with Crippen LogP contribution < -0.4 is 4.72 Å². The Kier molecular flexibility index (Phi) is 11.8. The molecule has 0 aromatic heterocycles. The lowest BCUT2D eigenvalue weighted by atomic mass is 10.2. The summed E-state index contributed by atoms with van der Waals surface area (Å²) in [6, 6.07) is 0. The minimum atomic E-state index is -2.96. The van der Waals surface area contributed by atoms with Crippen molar-refractivity contribution in [2.75, 3.05) is 12.8 Å². The van der Waals surface area contributed by atoms with Gasteiger partial charge in [0.25, 0.3) is 0 Å². The molecule has 0 fully saturated rings. The van der Waals surface area contributed by atoms with E-state index in [1.165, 1.54) is 19.1 Å². The van der Waals surface area contributed by atoms with Crippen molar-refractivity contribution >= 4 is 10.0 Å². The van der Waals surface area contributed by atoms with E-state index in [9.17, 15) is 8.42 Å². The number of unbranched alkanes of at least 4 members (excludes halogenated alkanes) is 3. The molecule has 0 radical (unpaired) electrons. The predicted octanol–water partition coefficient (Wildman–Crippen LogP) is 2.39. The first-order chi connectivity index (χ1) is 6.06. The molecule has 0 spiro atoms. The molecule has 0 atom stereocenters. The molecule has 0 heterocycles. The van der Waals surface area contributed by atoms with Crippen LogP contribution in [0.15, 0.2) is 0 Å². The highest BCUT2D eigenvalue weighted by Crippen LogP contribution is 1.97. The molecule has 0 aromatic rings. The lowest BCUT2D eigenvalue weighted by molar-refractivity contribution is 0.579. The summed E-state index contributed by atoms with van der Waals surface area (Å²) in [6.45, 7) is 6.71. The van der Waals surface area contributed by atoms with Gasteiger partial charge in [0.05, 0.1) is 6.26 Å². The standard InChI is InChI=1S/C7H17NO2S.C2H6.H2/c1-3-4-5-6-7-8-11(2,9)10;1-2;/h8H,3-7H2,1-2H3;1-2H3;1H. The van der Waals surface area contributed by atoms with Crippen molar-refractivity contribution in [3.05, 3.63) is 0 Å². The van der Waals surface area contributed by atoms with Crippen LogP contribution in [0.25, 0.3) is 0 Å². The van der Waals surface area contributed by atoms with Crippen LogP contribution in [0.2, 0.25) is 0 Å². The summed E-state index contributed by atoms with van der Waals surface area (Å²) in [7, 11) is -2.96. The van der Waals surface area contributed by atoms with Crippen molar-refractivity contribution in [1.82, 2.24) is 4.72 Å². The van der Waals surface area contributed by atoms with Gasteiger partial charge in [-0.3, -0.25) is 0 Å². The molecule has 0 amide bonds. The number of hydrogen-bond donors (Lipinski definition) is 1. The number of hydrogen-bond acceptors (Lipinski definition) is 2. The Bertz CT molecular complexity index is 181. The van der Waals surface area contributed by atoms with Gasteiger partial charge >= 0.3 is 0 Å². The fourth-order valence-electron chi connectivity index (χ4n) is 0.809. The van der Waals surface area contributed by atoms with Crippen LogP contribution in [-0.2, 0) is 10.0 Å². The lowest BCUT2D eigenvalue weighted by Gasteiger charge is -2.00. The van der Waals surface area contributed by atoms with Gasteiger partial charge in [-0.05, 0) is 6.42 Å². The smallest absolute Gasteiger partial charge is 0.208 e. The molecule has 0 aromatic carbocycles. The second kappa shape index (κ2) is 9.99. The highest BCUT2D eigenvalue weighted by molar-refractivity contribution is 7.88. The maximum absolute atomic E-state index is 10.6. The van der Waals surface area contributed by atoms with Gasteiger partial charge in [0.2, 0.25) is 10.0 Å². The van der Waals surface area contributed by atoms with Gasteiger partial charge in [0, 0.05) is 7.97 Å². The van der Waals surface area contributed by atoms with E-state index in [0.29, 0.717) is 6.54 Å². The van der Waals surface area contributed by atoms with Crippen LogP contribution in [0.4, 0.5) is 0 Å². The van der Waals surface area contributed by atoms with E-state index in [-0.39, 0.29) is 1.43 Å². The molecule has 4 heteroatoms. The van der Waals surface area contributed by atoms with Crippen LogP contribution in [0, 0.1) is 0 Å². The van der Waals surface area contributed by atoms with Gasteiger partial charge in [-0.15, -0.1) is 0 Å².